The summed E-state index contributed by atoms with van der Waals surface area (Å²) in [6.45, 7) is 7.99. The SMILES string of the molecule is CCN(CC)S(=O)(=O)c1ccc(NC(=O)[C@@H](C)Oc2ccccc2C)cc1. The zero-order valence-corrected chi connectivity index (χ0v) is 16.9. The van der Waals surface area contributed by atoms with E-state index in [1.54, 1.807) is 32.9 Å². The molecule has 2 aromatic rings. The Morgan fingerprint density at radius 3 is 2.22 bits per heavy atom. The van der Waals surface area contributed by atoms with Crippen LogP contribution >= 0.6 is 0 Å². The maximum absolute atomic E-state index is 12.5. The largest absolute Gasteiger partial charge is 0.481 e. The zero-order valence-electron chi connectivity index (χ0n) is 16.1. The molecule has 0 aliphatic carbocycles. The van der Waals surface area contributed by atoms with E-state index in [4.69, 9.17) is 4.74 Å². The van der Waals surface area contributed by atoms with Gasteiger partial charge in [0.2, 0.25) is 10.0 Å². The third-order valence-corrected chi connectivity index (χ3v) is 6.30. The molecule has 146 valence electrons. The number of hydrogen-bond donors (Lipinski definition) is 1. The summed E-state index contributed by atoms with van der Waals surface area (Å²) in [6, 6.07) is 13.6. The summed E-state index contributed by atoms with van der Waals surface area (Å²) in [5, 5.41) is 2.74. The Hall–Kier alpha value is -2.38. The molecule has 0 radical (unpaired) electrons. The van der Waals surface area contributed by atoms with Crippen molar-refractivity contribution in [1.82, 2.24) is 4.31 Å². The lowest BCUT2D eigenvalue weighted by Gasteiger charge is -2.19. The van der Waals surface area contributed by atoms with Gasteiger partial charge in [0, 0.05) is 18.8 Å². The molecule has 1 atom stereocenters. The number of nitrogens with one attached hydrogen (secondary N) is 1. The number of para-hydroxylation sites is 1. The second-order valence-electron chi connectivity index (χ2n) is 6.13. The number of carbonyl (C=O) groups is 1. The van der Waals surface area contributed by atoms with Crippen LogP contribution in [0.4, 0.5) is 5.69 Å². The van der Waals surface area contributed by atoms with Gasteiger partial charge in [-0.05, 0) is 49.7 Å². The normalized spacial score (nSPS) is 12.6. The Bertz CT molecular complexity index is 875. The molecule has 0 spiro atoms. The van der Waals surface area contributed by atoms with Crippen LogP contribution in [0.2, 0.25) is 0 Å². The molecule has 7 heteroatoms. The lowest BCUT2D eigenvalue weighted by Crippen LogP contribution is -2.31. The van der Waals surface area contributed by atoms with Crippen LogP contribution in [-0.2, 0) is 14.8 Å². The Balaban J connectivity index is 2.05. The van der Waals surface area contributed by atoms with Crippen molar-refractivity contribution in [3.63, 3.8) is 0 Å². The van der Waals surface area contributed by atoms with E-state index < -0.39 is 16.1 Å². The van der Waals surface area contributed by atoms with Gasteiger partial charge >= 0.3 is 0 Å². The van der Waals surface area contributed by atoms with Gasteiger partial charge in [0.15, 0.2) is 6.10 Å². The summed E-state index contributed by atoms with van der Waals surface area (Å²) in [4.78, 5) is 12.6. The average molecular weight is 391 g/mol. The fraction of sp³-hybridized carbons (Fsp3) is 0.350. The standard InChI is InChI=1S/C20H26N2O4S/c1-5-22(6-2)27(24,25)18-13-11-17(12-14-18)21-20(23)16(4)26-19-10-8-7-9-15(19)3/h7-14,16H,5-6H2,1-4H3,(H,21,23)/t16-/m1/s1. The third kappa shape index (κ3) is 5.08. The minimum Gasteiger partial charge on any atom is -0.481 e. The molecule has 2 rings (SSSR count). The predicted molar refractivity (Wildman–Crippen MR) is 106 cm³/mol. The average Bonchev–Trinajstić information content (AvgIpc) is 2.64. The van der Waals surface area contributed by atoms with Gasteiger partial charge in [-0.25, -0.2) is 8.42 Å². The topological polar surface area (TPSA) is 75.7 Å². The zero-order chi connectivity index (χ0) is 20.0. The highest BCUT2D eigenvalue weighted by Crippen LogP contribution is 2.20. The van der Waals surface area contributed by atoms with Crippen LogP contribution in [0.3, 0.4) is 0 Å². The Kier molecular flexibility index (Phi) is 6.98. The van der Waals surface area contributed by atoms with E-state index in [0.717, 1.165) is 5.56 Å². The summed E-state index contributed by atoms with van der Waals surface area (Å²) in [5.74, 6) is 0.346. The minimum absolute atomic E-state index is 0.202. The smallest absolute Gasteiger partial charge is 0.265 e. The monoisotopic (exact) mass is 390 g/mol. The molecule has 27 heavy (non-hydrogen) atoms. The van der Waals surface area contributed by atoms with Gasteiger partial charge in [0.1, 0.15) is 5.75 Å². The summed E-state index contributed by atoms with van der Waals surface area (Å²) >= 11 is 0. The first-order valence-corrected chi connectivity index (χ1v) is 10.4. The highest BCUT2D eigenvalue weighted by molar-refractivity contribution is 7.89. The number of amides is 1. The number of sulfonamides is 1. The molecule has 0 aliphatic heterocycles. The molecular formula is C20H26N2O4S. The van der Waals surface area contributed by atoms with Crippen molar-refractivity contribution in [1.29, 1.82) is 0 Å². The van der Waals surface area contributed by atoms with E-state index >= 15 is 0 Å². The van der Waals surface area contributed by atoms with E-state index in [-0.39, 0.29) is 10.8 Å². The van der Waals surface area contributed by atoms with Crippen molar-refractivity contribution in [2.24, 2.45) is 0 Å². The number of anilines is 1. The summed E-state index contributed by atoms with van der Waals surface area (Å²) in [7, 11) is -3.51. The number of carbonyl (C=O) groups excluding carboxylic acids is 1. The fourth-order valence-electron chi connectivity index (χ4n) is 2.60. The number of ether oxygens (including phenoxy) is 1. The van der Waals surface area contributed by atoms with Crippen molar-refractivity contribution >= 4 is 21.6 Å². The predicted octanol–water partition coefficient (Wildman–Crippen LogP) is 3.43. The molecule has 2 aromatic carbocycles. The maximum atomic E-state index is 12.5. The van der Waals surface area contributed by atoms with Gasteiger partial charge < -0.3 is 10.1 Å². The van der Waals surface area contributed by atoms with Gasteiger partial charge in [-0.15, -0.1) is 0 Å². The number of nitrogens with zero attached hydrogens (tertiary/aromatic N) is 1. The van der Waals surface area contributed by atoms with Crippen LogP contribution in [0.1, 0.15) is 26.3 Å². The first-order valence-electron chi connectivity index (χ1n) is 8.93. The van der Waals surface area contributed by atoms with Crippen LogP contribution in [0.5, 0.6) is 5.75 Å². The second-order valence-corrected chi connectivity index (χ2v) is 8.07. The summed E-state index contributed by atoms with van der Waals surface area (Å²) < 4.78 is 32.1. The molecule has 0 saturated heterocycles. The minimum atomic E-state index is -3.51. The Labute approximate surface area is 161 Å². The molecule has 0 aliphatic rings. The lowest BCUT2D eigenvalue weighted by molar-refractivity contribution is -0.122. The van der Waals surface area contributed by atoms with Crippen LogP contribution in [0.25, 0.3) is 0 Å². The molecular weight excluding hydrogens is 364 g/mol. The lowest BCUT2D eigenvalue weighted by atomic mass is 10.2. The van der Waals surface area contributed by atoms with E-state index in [1.165, 1.54) is 16.4 Å². The second kappa shape index (κ2) is 9.01. The first-order chi connectivity index (χ1) is 12.8. The van der Waals surface area contributed by atoms with Gasteiger partial charge in [-0.1, -0.05) is 32.0 Å². The molecule has 1 N–H and O–H groups in total. The highest BCUT2D eigenvalue weighted by Gasteiger charge is 2.21. The molecule has 0 fully saturated rings. The third-order valence-electron chi connectivity index (χ3n) is 4.23. The van der Waals surface area contributed by atoms with Crippen molar-refractivity contribution in [2.75, 3.05) is 18.4 Å². The molecule has 6 nitrogen and oxygen atoms in total. The molecule has 0 aromatic heterocycles. The summed E-state index contributed by atoms with van der Waals surface area (Å²) in [6.07, 6.45) is -0.690. The molecule has 0 bridgehead atoms. The van der Waals surface area contributed by atoms with Gasteiger partial charge in [0.25, 0.3) is 5.91 Å². The Morgan fingerprint density at radius 1 is 1.07 bits per heavy atom. The van der Waals surface area contributed by atoms with E-state index in [0.29, 0.717) is 24.5 Å². The fourth-order valence-corrected chi connectivity index (χ4v) is 4.06. The van der Waals surface area contributed by atoms with Crippen molar-refractivity contribution in [3.05, 3.63) is 54.1 Å². The molecule has 1 amide bonds. The van der Waals surface area contributed by atoms with Crippen molar-refractivity contribution < 1.29 is 17.9 Å². The maximum Gasteiger partial charge on any atom is 0.265 e. The van der Waals surface area contributed by atoms with E-state index in [9.17, 15) is 13.2 Å². The Morgan fingerprint density at radius 2 is 1.67 bits per heavy atom. The highest BCUT2D eigenvalue weighted by atomic mass is 32.2. The van der Waals surface area contributed by atoms with Crippen LogP contribution in [0.15, 0.2) is 53.4 Å². The first kappa shape index (κ1) is 20.9. The van der Waals surface area contributed by atoms with Crippen molar-refractivity contribution in [2.45, 2.75) is 38.7 Å². The van der Waals surface area contributed by atoms with E-state index in [1.807, 2.05) is 31.2 Å². The number of benzene rings is 2. The van der Waals surface area contributed by atoms with Gasteiger partial charge in [-0.3, -0.25) is 4.79 Å². The number of hydrogen-bond acceptors (Lipinski definition) is 4. The van der Waals surface area contributed by atoms with Crippen LogP contribution in [0, 0.1) is 6.92 Å². The van der Waals surface area contributed by atoms with Gasteiger partial charge in [0.05, 0.1) is 4.90 Å². The number of aryl methyl sites for hydroxylation is 1. The van der Waals surface area contributed by atoms with E-state index in [2.05, 4.69) is 5.32 Å². The molecule has 0 unspecified atom stereocenters. The van der Waals surface area contributed by atoms with Crippen LogP contribution < -0.4 is 10.1 Å². The van der Waals surface area contributed by atoms with Crippen molar-refractivity contribution in [3.8, 4) is 5.75 Å². The molecule has 0 saturated carbocycles. The quantitative estimate of drug-likeness (QED) is 0.749. The van der Waals surface area contributed by atoms with Gasteiger partial charge in [-0.2, -0.15) is 4.31 Å². The van der Waals surface area contributed by atoms with Crippen LogP contribution in [-0.4, -0.2) is 37.8 Å². The molecule has 0 heterocycles. The number of rotatable bonds is 8. The summed E-state index contributed by atoms with van der Waals surface area (Å²) in [5.41, 5.74) is 1.46.